The van der Waals surface area contributed by atoms with Crippen LogP contribution in [-0.2, 0) is 14.3 Å². The molecule has 2 N–H and O–H groups in total. The van der Waals surface area contributed by atoms with Gasteiger partial charge in [-0.25, -0.2) is 9.59 Å². The Hall–Kier alpha value is -3.14. The molecule has 1 aromatic heterocycles. The second-order valence-electron chi connectivity index (χ2n) is 11.8. The van der Waals surface area contributed by atoms with Gasteiger partial charge >= 0.3 is 11.8 Å². The van der Waals surface area contributed by atoms with Crippen molar-refractivity contribution in [1.82, 2.24) is 20.1 Å². The minimum atomic E-state index is -0.693. The van der Waals surface area contributed by atoms with Crippen LogP contribution in [0.15, 0.2) is 27.4 Å². The number of ether oxygens (including phenoxy) is 1. The summed E-state index contributed by atoms with van der Waals surface area (Å²) in [4.78, 5) is 49.3. The zero-order chi connectivity index (χ0) is 28.2. The first kappa shape index (κ1) is 28.9. The van der Waals surface area contributed by atoms with Gasteiger partial charge < -0.3 is 19.4 Å². The molecule has 2 aliphatic heterocycles. The summed E-state index contributed by atoms with van der Waals surface area (Å²) in [7, 11) is 1.54. The highest BCUT2D eigenvalue weighted by Gasteiger charge is 2.32. The van der Waals surface area contributed by atoms with Gasteiger partial charge in [0.1, 0.15) is 11.6 Å². The monoisotopic (exact) mass is 542 g/mol. The summed E-state index contributed by atoms with van der Waals surface area (Å²) < 4.78 is 11.7. The standard InChI is InChI=1S/C23H29N3O4.C6H13NO2/c27-21-9-8-19(22(28)24-21)26-18-7-6-16(14-20(18)30-23(26)29)15-10-12-25(13-11-15)17-4-2-1-3-5-17;1-6(2,3)9-5(8)7-4/h6-7,14-15,17,19H,1-5,8-13H2,(H,24,27,28);1-4H3,(H,7,8). The van der Waals surface area contributed by atoms with Gasteiger partial charge in [0.2, 0.25) is 11.8 Å². The second kappa shape index (κ2) is 12.4. The van der Waals surface area contributed by atoms with Crippen LogP contribution in [0.5, 0.6) is 0 Å². The predicted molar refractivity (Wildman–Crippen MR) is 148 cm³/mol. The van der Waals surface area contributed by atoms with E-state index in [9.17, 15) is 19.2 Å². The number of hydrogen-bond acceptors (Lipinski definition) is 7. The van der Waals surface area contributed by atoms with Crippen molar-refractivity contribution < 1.29 is 23.5 Å². The van der Waals surface area contributed by atoms with E-state index in [1.807, 2.05) is 32.9 Å². The Labute approximate surface area is 229 Å². The van der Waals surface area contributed by atoms with Gasteiger partial charge in [-0.15, -0.1) is 0 Å². The van der Waals surface area contributed by atoms with Gasteiger partial charge in [-0.1, -0.05) is 25.3 Å². The van der Waals surface area contributed by atoms with Crippen LogP contribution in [0.1, 0.15) is 96.1 Å². The summed E-state index contributed by atoms with van der Waals surface area (Å²) >= 11 is 0. The third-order valence-electron chi connectivity index (χ3n) is 7.85. The number of nitrogens with one attached hydrogen (secondary N) is 2. The highest BCUT2D eigenvalue weighted by Crippen LogP contribution is 2.34. The summed E-state index contributed by atoms with van der Waals surface area (Å²) in [5.41, 5.74) is 1.96. The fourth-order valence-electron chi connectivity index (χ4n) is 5.90. The van der Waals surface area contributed by atoms with E-state index in [1.165, 1.54) is 49.3 Å². The lowest BCUT2D eigenvalue weighted by molar-refractivity contribution is -0.135. The SMILES string of the molecule is CNC(=O)OC(C)(C)C.O=C1CCC(n2c(=O)oc3cc(C4CCN(C5CCCCC5)CC4)ccc32)C(=O)N1. The molecule has 10 nitrogen and oxygen atoms in total. The van der Waals surface area contributed by atoms with Crippen LogP contribution >= 0.6 is 0 Å². The lowest BCUT2D eigenvalue weighted by Gasteiger charge is -2.39. The summed E-state index contributed by atoms with van der Waals surface area (Å²) in [5.74, 6) is -0.795. The minimum absolute atomic E-state index is 0.229. The maximum absolute atomic E-state index is 12.5. The van der Waals surface area contributed by atoms with Crippen molar-refractivity contribution in [3.8, 4) is 0 Å². The quantitative estimate of drug-likeness (QED) is 0.557. The first-order valence-corrected chi connectivity index (χ1v) is 14.2. The molecule has 0 spiro atoms. The number of oxazole rings is 1. The number of fused-ring (bicyclic) bond motifs is 1. The van der Waals surface area contributed by atoms with Gasteiger partial charge in [-0.05, 0) is 89.6 Å². The molecule has 0 radical (unpaired) electrons. The van der Waals surface area contributed by atoms with Gasteiger partial charge in [0.25, 0.3) is 0 Å². The molecule has 5 rings (SSSR count). The van der Waals surface area contributed by atoms with E-state index in [2.05, 4.69) is 21.6 Å². The summed E-state index contributed by atoms with van der Waals surface area (Å²) in [6.07, 6.45) is 9.22. The smallest absolute Gasteiger partial charge is 0.420 e. The van der Waals surface area contributed by atoms with E-state index < -0.39 is 17.7 Å². The molecule has 2 saturated heterocycles. The van der Waals surface area contributed by atoms with Crippen LogP contribution in [0.25, 0.3) is 11.1 Å². The molecule has 1 unspecified atom stereocenters. The van der Waals surface area contributed by atoms with Crippen molar-refractivity contribution >= 4 is 29.0 Å². The molecule has 1 aromatic carbocycles. The Morgan fingerprint density at radius 2 is 1.72 bits per heavy atom. The molecule has 3 fully saturated rings. The molecule has 10 heteroatoms. The number of aromatic nitrogens is 1. The number of imide groups is 1. The van der Waals surface area contributed by atoms with Crippen LogP contribution in [0, 0.1) is 0 Å². The average Bonchev–Trinajstić information content (AvgIpc) is 3.23. The van der Waals surface area contributed by atoms with Gasteiger partial charge in [0.15, 0.2) is 5.58 Å². The van der Waals surface area contributed by atoms with Crippen molar-refractivity contribution in [3.63, 3.8) is 0 Å². The van der Waals surface area contributed by atoms with Crippen molar-refractivity contribution in [2.75, 3.05) is 20.1 Å². The van der Waals surface area contributed by atoms with E-state index in [-0.39, 0.29) is 24.0 Å². The van der Waals surface area contributed by atoms with Gasteiger partial charge in [0, 0.05) is 19.5 Å². The Morgan fingerprint density at radius 1 is 1.03 bits per heavy atom. The molecule has 214 valence electrons. The molecule has 2 aromatic rings. The van der Waals surface area contributed by atoms with E-state index in [0.29, 0.717) is 23.4 Å². The first-order chi connectivity index (χ1) is 18.6. The number of piperidine rings is 2. The number of likely N-dealkylation sites (tertiary alicyclic amines) is 1. The third kappa shape index (κ3) is 7.29. The van der Waals surface area contributed by atoms with E-state index in [1.54, 1.807) is 0 Å². The fourth-order valence-corrected chi connectivity index (χ4v) is 5.90. The molecule has 1 aliphatic carbocycles. The van der Waals surface area contributed by atoms with Crippen LogP contribution in [0.3, 0.4) is 0 Å². The number of nitrogens with zero attached hydrogens (tertiary/aromatic N) is 2. The number of hydrogen-bond donors (Lipinski definition) is 2. The molecule has 3 aliphatic rings. The number of carbonyl (C=O) groups excluding carboxylic acids is 3. The van der Waals surface area contributed by atoms with Gasteiger partial charge in [0.05, 0.1) is 5.52 Å². The Bertz CT molecular complexity index is 1230. The lowest BCUT2D eigenvalue weighted by atomic mass is 9.86. The first-order valence-electron chi connectivity index (χ1n) is 14.2. The highest BCUT2D eigenvalue weighted by atomic mass is 16.6. The molecule has 39 heavy (non-hydrogen) atoms. The summed E-state index contributed by atoms with van der Waals surface area (Å²) in [6, 6.07) is 6.01. The molecule has 0 bridgehead atoms. The largest absolute Gasteiger partial charge is 0.444 e. The predicted octanol–water partition coefficient (Wildman–Crippen LogP) is 4.23. The van der Waals surface area contributed by atoms with Crippen LogP contribution < -0.4 is 16.4 Å². The third-order valence-corrected chi connectivity index (χ3v) is 7.85. The average molecular weight is 543 g/mol. The number of amides is 3. The molecular weight excluding hydrogens is 500 g/mol. The normalized spacial score (nSPS) is 21.7. The Kier molecular flexibility index (Phi) is 9.15. The second-order valence-corrected chi connectivity index (χ2v) is 11.8. The van der Waals surface area contributed by atoms with Crippen molar-refractivity contribution in [2.24, 2.45) is 0 Å². The topological polar surface area (TPSA) is 123 Å². The summed E-state index contributed by atoms with van der Waals surface area (Å²) in [6.45, 7) is 7.73. The van der Waals surface area contributed by atoms with Gasteiger partial charge in [-0.2, -0.15) is 0 Å². The zero-order valence-electron chi connectivity index (χ0n) is 23.6. The molecule has 1 atom stereocenters. The van der Waals surface area contributed by atoms with Crippen LogP contribution in [0.4, 0.5) is 4.79 Å². The maximum Gasteiger partial charge on any atom is 0.420 e. The van der Waals surface area contributed by atoms with Crippen molar-refractivity contribution in [1.29, 1.82) is 0 Å². The molecule has 3 heterocycles. The van der Waals surface area contributed by atoms with E-state index in [4.69, 9.17) is 9.15 Å². The molecule has 1 saturated carbocycles. The lowest BCUT2D eigenvalue weighted by Crippen LogP contribution is -2.43. The maximum atomic E-state index is 12.5. The van der Waals surface area contributed by atoms with Crippen molar-refractivity contribution in [2.45, 2.75) is 102 Å². The van der Waals surface area contributed by atoms with Crippen molar-refractivity contribution in [3.05, 3.63) is 34.3 Å². The van der Waals surface area contributed by atoms with E-state index in [0.717, 1.165) is 32.0 Å². The highest BCUT2D eigenvalue weighted by molar-refractivity contribution is 6.00. The van der Waals surface area contributed by atoms with Gasteiger partial charge in [-0.3, -0.25) is 19.5 Å². The number of alkyl carbamates (subject to hydrolysis) is 1. The van der Waals surface area contributed by atoms with Crippen LogP contribution in [0.2, 0.25) is 0 Å². The molecular formula is C29H42N4O6. The van der Waals surface area contributed by atoms with E-state index >= 15 is 0 Å². The summed E-state index contributed by atoms with van der Waals surface area (Å²) in [5, 5.41) is 4.68. The Morgan fingerprint density at radius 3 is 2.31 bits per heavy atom. The minimum Gasteiger partial charge on any atom is -0.444 e. The Balaban J connectivity index is 0.000000340. The zero-order valence-corrected chi connectivity index (χ0v) is 23.6. The fraction of sp³-hybridized carbons (Fsp3) is 0.655. The number of rotatable bonds is 3. The number of benzene rings is 1. The van der Waals surface area contributed by atoms with Crippen LogP contribution in [-0.4, -0.2) is 59.2 Å². The molecule has 3 amide bonds. The number of carbonyl (C=O) groups is 3.